The molecule has 0 spiro atoms. The summed E-state index contributed by atoms with van der Waals surface area (Å²) in [6.45, 7) is 0.524. The molecule has 1 N–H and O–H groups in total. The fraction of sp³-hybridized carbons (Fsp3) is 0.0800. The Hall–Kier alpha value is -4.28. The van der Waals surface area contributed by atoms with E-state index in [2.05, 4.69) is 26.3 Å². The number of H-pyrrole nitrogens is 1. The van der Waals surface area contributed by atoms with Crippen LogP contribution in [0.4, 0.5) is 0 Å². The second-order valence-electron chi connectivity index (χ2n) is 7.68. The number of hydrogen-bond donors (Lipinski definition) is 1. The van der Waals surface area contributed by atoms with Gasteiger partial charge in [-0.25, -0.2) is 0 Å². The molecule has 0 bridgehead atoms. The standard InChI is InChI=1S/C25H17ClN6O/c26-21-8-20(12-28-13-21)19-4-5-22-23(9-19)30-31-25(22)24(33)7-18-11-29-32(15-18)14-17-3-1-2-16(6-17)10-27/h1-6,8-9,11-13,15H,7,14H2,(H,30,31). The predicted octanol–water partition coefficient (Wildman–Crippen LogP) is 4.82. The molecule has 0 aliphatic rings. The third-order valence-electron chi connectivity index (χ3n) is 5.32. The average molecular weight is 453 g/mol. The van der Waals surface area contributed by atoms with Crippen LogP contribution in [-0.4, -0.2) is 30.7 Å². The first-order valence-corrected chi connectivity index (χ1v) is 10.6. The highest BCUT2D eigenvalue weighted by molar-refractivity contribution is 6.30. The first kappa shape index (κ1) is 20.6. The summed E-state index contributed by atoms with van der Waals surface area (Å²) in [5.74, 6) is -0.0931. The molecular weight excluding hydrogens is 436 g/mol. The van der Waals surface area contributed by atoms with Gasteiger partial charge >= 0.3 is 0 Å². The molecule has 7 nitrogen and oxygen atoms in total. The van der Waals surface area contributed by atoms with Gasteiger partial charge in [0.25, 0.3) is 0 Å². The van der Waals surface area contributed by atoms with Crippen LogP contribution in [0.1, 0.15) is 27.2 Å². The number of nitriles is 1. The Morgan fingerprint density at radius 1 is 1.06 bits per heavy atom. The minimum absolute atomic E-state index is 0.0931. The van der Waals surface area contributed by atoms with E-state index in [1.165, 1.54) is 0 Å². The molecule has 0 fully saturated rings. The summed E-state index contributed by atoms with van der Waals surface area (Å²) in [4.78, 5) is 17.1. The van der Waals surface area contributed by atoms with Crippen molar-refractivity contribution in [2.24, 2.45) is 0 Å². The Morgan fingerprint density at radius 3 is 2.82 bits per heavy atom. The molecular formula is C25H17ClN6O. The van der Waals surface area contributed by atoms with Crippen molar-refractivity contribution in [3.63, 3.8) is 0 Å². The van der Waals surface area contributed by atoms with Crippen LogP contribution < -0.4 is 0 Å². The number of benzene rings is 2. The maximum atomic E-state index is 13.0. The van der Waals surface area contributed by atoms with Gasteiger partial charge < -0.3 is 0 Å². The monoisotopic (exact) mass is 452 g/mol. The van der Waals surface area contributed by atoms with Crippen molar-refractivity contribution in [2.45, 2.75) is 13.0 Å². The fourth-order valence-electron chi connectivity index (χ4n) is 3.76. The second-order valence-corrected chi connectivity index (χ2v) is 8.12. The molecule has 8 heteroatoms. The maximum Gasteiger partial charge on any atom is 0.188 e. The van der Waals surface area contributed by atoms with Gasteiger partial charge in [0.15, 0.2) is 5.78 Å². The van der Waals surface area contributed by atoms with Crippen LogP contribution in [0, 0.1) is 11.3 Å². The van der Waals surface area contributed by atoms with Crippen molar-refractivity contribution in [2.75, 3.05) is 0 Å². The van der Waals surface area contributed by atoms with Crippen LogP contribution in [0.3, 0.4) is 0 Å². The van der Waals surface area contributed by atoms with Gasteiger partial charge in [-0.1, -0.05) is 29.8 Å². The number of pyridine rings is 1. The summed E-state index contributed by atoms with van der Waals surface area (Å²) >= 11 is 6.05. The SMILES string of the molecule is N#Cc1cccc(Cn2cc(CC(=O)c3n[nH]c4cc(-c5cncc(Cl)c5)ccc34)cn2)c1. The van der Waals surface area contributed by atoms with Gasteiger partial charge in [0, 0.05) is 36.0 Å². The summed E-state index contributed by atoms with van der Waals surface area (Å²) in [5.41, 5.74) is 5.36. The number of ketones is 1. The lowest BCUT2D eigenvalue weighted by molar-refractivity contribution is 0.0989. The largest absolute Gasteiger partial charge is 0.292 e. The highest BCUT2D eigenvalue weighted by Gasteiger charge is 2.16. The zero-order chi connectivity index (χ0) is 22.8. The molecule has 2 aromatic carbocycles. The Kier molecular flexibility index (Phi) is 5.43. The molecule has 3 heterocycles. The minimum atomic E-state index is -0.0931. The molecule has 5 rings (SSSR count). The van der Waals surface area contributed by atoms with Gasteiger partial charge in [0.05, 0.1) is 34.9 Å². The number of fused-ring (bicyclic) bond motifs is 1. The lowest BCUT2D eigenvalue weighted by Crippen LogP contribution is -2.04. The Bertz CT molecular complexity index is 1530. The lowest BCUT2D eigenvalue weighted by atomic mass is 10.0. The number of halogens is 1. The van der Waals surface area contributed by atoms with E-state index in [-0.39, 0.29) is 12.2 Å². The topological polar surface area (TPSA) is 100 Å². The fourth-order valence-corrected chi connectivity index (χ4v) is 3.93. The number of rotatable bonds is 6. The van der Waals surface area contributed by atoms with E-state index in [1.54, 1.807) is 29.3 Å². The zero-order valence-corrected chi connectivity index (χ0v) is 18.1. The normalized spacial score (nSPS) is 10.9. The van der Waals surface area contributed by atoms with Gasteiger partial charge in [-0.15, -0.1) is 0 Å². The van der Waals surface area contributed by atoms with Gasteiger partial charge in [-0.3, -0.25) is 19.6 Å². The van der Waals surface area contributed by atoms with E-state index >= 15 is 0 Å². The molecule has 5 aromatic rings. The molecule has 0 unspecified atom stereocenters. The highest BCUT2D eigenvalue weighted by atomic mass is 35.5. The smallest absolute Gasteiger partial charge is 0.188 e. The quantitative estimate of drug-likeness (QED) is 0.372. The van der Waals surface area contributed by atoms with Gasteiger partial charge in [0.1, 0.15) is 5.69 Å². The number of nitrogens with one attached hydrogen (secondary N) is 1. The minimum Gasteiger partial charge on any atom is -0.292 e. The van der Waals surface area contributed by atoms with E-state index in [4.69, 9.17) is 16.9 Å². The lowest BCUT2D eigenvalue weighted by Gasteiger charge is -2.02. The van der Waals surface area contributed by atoms with Crippen LogP contribution in [0.5, 0.6) is 0 Å². The van der Waals surface area contributed by atoms with Crippen molar-refractivity contribution >= 4 is 28.3 Å². The molecule has 0 radical (unpaired) electrons. The molecule has 0 atom stereocenters. The van der Waals surface area contributed by atoms with Crippen molar-refractivity contribution in [3.8, 4) is 17.2 Å². The predicted molar refractivity (Wildman–Crippen MR) is 125 cm³/mol. The molecule has 0 saturated carbocycles. The van der Waals surface area contributed by atoms with Crippen LogP contribution in [0.25, 0.3) is 22.0 Å². The Labute approximate surface area is 194 Å². The Balaban J connectivity index is 1.33. The van der Waals surface area contributed by atoms with E-state index in [9.17, 15) is 4.79 Å². The summed E-state index contributed by atoms with van der Waals surface area (Å²) < 4.78 is 1.76. The summed E-state index contributed by atoms with van der Waals surface area (Å²) in [6, 6.07) is 17.1. The van der Waals surface area contributed by atoms with E-state index < -0.39 is 0 Å². The first-order chi connectivity index (χ1) is 16.1. The molecule has 0 saturated heterocycles. The number of carbonyl (C=O) groups is 1. The Morgan fingerprint density at radius 2 is 1.97 bits per heavy atom. The number of aromatic amines is 1. The average Bonchev–Trinajstić information content (AvgIpc) is 3.45. The number of hydrogen-bond acceptors (Lipinski definition) is 5. The van der Waals surface area contributed by atoms with Crippen LogP contribution in [-0.2, 0) is 13.0 Å². The first-order valence-electron chi connectivity index (χ1n) is 10.2. The second kappa shape index (κ2) is 8.69. The van der Waals surface area contributed by atoms with Crippen LogP contribution in [0.15, 0.2) is 73.3 Å². The molecule has 160 valence electrons. The zero-order valence-electron chi connectivity index (χ0n) is 17.4. The van der Waals surface area contributed by atoms with E-state index in [0.29, 0.717) is 22.8 Å². The van der Waals surface area contributed by atoms with Crippen molar-refractivity contribution in [1.82, 2.24) is 25.0 Å². The van der Waals surface area contributed by atoms with Crippen molar-refractivity contribution in [3.05, 3.63) is 101 Å². The summed E-state index contributed by atoms with van der Waals surface area (Å²) in [5, 5.41) is 22.0. The van der Waals surface area contributed by atoms with E-state index in [0.717, 1.165) is 33.2 Å². The summed E-state index contributed by atoms with van der Waals surface area (Å²) in [7, 11) is 0. The van der Waals surface area contributed by atoms with Crippen molar-refractivity contribution < 1.29 is 4.79 Å². The molecule has 0 aliphatic heterocycles. The highest BCUT2D eigenvalue weighted by Crippen LogP contribution is 2.26. The number of Topliss-reactive ketones (excluding diaryl/α,β-unsaturated/α-hetero) is 1. The maximum absolute atomic E-state index is 13.0. The van der Waals surface area contributed by atoms with Crippen molar-refractivity contribution in [1.29, 1.82) is 5.26 Å². The molecule has 0 amide bonds. The van der Waals surface area contributed by atoms with Gasteiger partial charge in [-0.2, -0.15) is 15.5 Å². The van der Waals surface area contributed by atoms with Gasteiger partial charge in [-0.05, 0) is 47.0 Å². The van der Waals surface area contributed by atoms with Crippen LogP contribution in [0.2, 0.25) is 5.02 Å². The van der Waals surface area contributed by atoms with E-state index in [1.807, 2.05) is 48.7 Å². The summed E-state index contributed by atoms with van der Waals surface area (Å²) in [6.07, 6.45) is 7.05. The number of carbonyl (C=O) groups excluding carboxylic acids is 1. The third-order valence-corrected chi connectivity index (χ3v) is 5.52. The third kappa shape index (κ3) is 4.38. The molecule has 3 aromatic heterocycles. The number of nitrogens with zero attached hydrogens (tertiary/aromatic N) is 5. The van der Waals surface area contributed by atoms with Crippen LogP contribution >= 0.6 is 11.6 Å². The number of aromatic nitrogens is 5. The molecule has 0 aliphatic carbocycles. The molecule has 33 heavy (non-hydrogen) atoms. The van der Waals surface area contributed by atoms with Gasteiger partial charge in [0.2, 0.25) is 0 Å².